The first-order chi connectivity index (χ1) is 10.7. The Bertz CT molecular complexity index is 617. The Morgan fingerprint density at radius 1 is 1.32 bits per heavy atom. The summed E-state index contributed by atoms with van der Waals surface area (Å²) in [5.74, 6) is 0. The topological polar surface area (TPSA) is 54.7 Å². The van der Waals surface area contributed by atoms with Crippen molar-refractivity contribution in [2.24, 2.45) is 4.99 Å². The van der Waals surface area contributed by atoms with Crippen molar-refractivity contribution >= 4 is 23.2 Å². The molecule has 0 radical (unpaired) electrons. The van der Waals surface area contributed by atoms with Crippen molar-refractivity contribution in [1.82, 2.24) is 15.1 Å². The number of nitrogens with one attached hydrogen (secondary N) is 1. The van der Waals surface area contributed by atoms with Crippen LogP contribution in [0.2, 0.25) is 0 Å². The van der Waals surface area contributed by atoms with E-state index in [1.165, 1.54) is 11.3 Å². The molecule has 0 spiro atoms. The predicted molar refractivity (Wildman–Crippen MR) is 90.7 cm³/mol. The standard InChI is InChI=1S/C16H21N5S/c1-12(2)20-5-7-21(8-6-20)16-11-18-14(10-19-16)15-4-3-13(9-17)22-15/h3-4,10-12,16,19H,5-8H2,1-2H3. The van der Waals surface area contributed by atoms with Crippen LogP contribution in [0.1, 0.15) is 23.6 Å². The number of piperazine rings is 1. The highest BCUT2D eigenvalue weighted by Crippen LogP contribution is 2.25. The third kappa shape index (κ3) is 3.22. The number of aliphatic imine (C=N–C) groups is 1. The van der Waals surface area contributed by atoms with Gasteiger partial charge in [0.25, 0.3) is 0 Å². The van der Waals surface area contributed by atoms with E-state index in [0.717, 1.165) is 41.6 Å². The van der Waals surface area contributed by atoms with Crippen molar-refractivity contribution in [3.05, 3.63) is 28.1 Å². The summed E-state index contributed by atoms with van der Waals surface area (Å²) in [5.41, 5.74) is 0.906. The number of hydrogen-bond donors (Lipinski definition) is 1. The molecule has 0 aromatic carbocycles. The molecule has 0 saturated carbocycles. The molecule has 1 N–H and O–H groups in total. The number of rotatable bonds is 3. The van der Waals surface area contributed by atoms with Gasteiger partial charge in [-0.1, -0.05) is 0 Å². The lowest BCUT2D eigenvalue weighted by Crippen LogP contribution is -2.56. The van der Waals surface area contributed by atoms with Crippen LogP contribution < -0.4 is 5.32 Å². The molecule has 6 heteroatoms. The minimum Gasteiger partial charge on any atom is -0.369 e. The number of nitrogens with zero attached hydrogens (tertiary/aromatic N) is 4. The van der Waals surface area contributed by atoms with Crippen LogP contribution in [0.5, 0.6) is 0 Å². The zero-order valence-electron chi connectivity index (χ0n) is 13.0. The summed E-state index contributed by atoms with van der Waals surface area (Å²) in [6.45, 7) is 8.84. The Morgan fingerprint density at radius 3 is 2.64 bits per heavy atom. The van der Waals surface area contributed by atoms with Gasteiger partial charge >= 0.3 is 0 Å². The molecule has 0 amide bonds. The number of nitriles is 1. The monoisotopic (exact) mass is 315 g/mol. The molecule has 22 heavy (non-hydrogen) atoms. The van der Waals surface area contributed by atoms with Crippen molar-refractivity contribution in [2.45, 2.75) is 26.1 Å². The molecule has 0 aliphatic carbocycles. The van der Waals surface area contributed by atoms with E-state index in [9.17, 15) is 0 Å². The lowest BCUT2D eigenvalue weighted by molar-refractivity contribution is 0.0920. The maximum Gasteiger partial charge on any atom is 0.116 e. The Kier molecular flexibility index (Phi) is 4.57. The van der Waals surface area contributed by atoms with E-state index in [-0.39, 0.29) is 6.17 Å². The quantitative estimate of drug-likeness (QED) is 0.926. The molecule has 116 valence electrons. The van der Waals surface area contributed by atoms with E-state index in [4.69, 9.17) is 5.26 Å². The van der Waals surface area contributed by atoms with Crippen molar-refractivity contribution in [3.8, 4) is 6.07 Å². The second kappa shape index (κ2) is 6.61. The fourth-order valence-corrected chi connectivity index (χ4v) is 3.57. The summed E-state index contributed by atoms with van der Waals surface area (Å²) in [6, 6.07) is 6.58. The van der Waals surface area contributed by atoms with Crippen molar-refractivity contribution in [1.29, 1.82) is 5.26 Å². The van der Waals surface area contributed by atoms with Gasteiger partial charge in [0.2, 0.25) is 0 Å². The Balaban J connectivity index is 1.58. The third-order valence-electron chi connectivity index (χ3n) is 4.19. The molecule has 1 aromatic heterocycles. The third-order valence-corrected chi connectivity index (χ3v) is 5.20. The summed E-state index contributed by atoms with van der Waals surface area (Å²) in [6.07, 6.45) is 4.12. The highest BCUT2D eigenvalue weighted by Gasteiger charge is 2.24. The maximum absolute atomic E-state index is 8.90. The van der Waals surface area contributed by atoms with Crippen LogP contribution in [0.25, 0.3) is 5.70 Å². The predicted octanol–water partition coefficient (Wildman–Crippen LogP) is 1.94. The molecule has 0 bridgehead atoms. The lowest BCUT2D eigenvalue weighted by atomic mass is 10.2. The first-order valence-corrected chi connectivity index (χ1v) is 8.48. The van der Waals surface area contributed by atoms with E-state index >= 15 is 0 Å². The molecule has 3 rings (SSSR count). The van der Waals surface area contributed by atoms with E-state index in [1.54, 1.807) is 0 Å². The van der Waals surface area contributed by atoms with Crippen molar-refractivity contribution < 1.29 is 0 Å². The Labute approximate surface area is 135 Å². The average Bonchev–Trinajstić information content (AvgIpc) is 3.04. The minimum absolute atomic E-state index is 0.175. The van der Waals surface area contributed by atoms with Crippen LogP contribution >= 0.6 is 11.3 Å². The van der Waals surface area contributed by atoms with Crippen molar-refractivity contribution in [3.63, 3.8) is 0 Å². The van der Waals surface area contributed by atoms with Crippen LogP contribution in [0.3, 0.4) is 0 Å². The SMILES string of the molecule is CC(C)N1CCN(C2C=NC(c3ccc(C#N)s3)=CN2)CC1. The summed E-state index contributed by atoms with van der Waals surface area (Å²) in [5, 5.41) is 12.3. The molecule has 1 unspecified atom stereocenters. The van der Waals surface area contributed by atoms with Gasteiger partial charge in [-0.3, -0.25) is 14.8 Å². The fraction of sp³-hybridized carbons (Fsp3) is 0.500. The number of hydrogen-bond acceptors (Lipinski definition) is 6. The second-order valence-electron chi connectivity index (χ2n) is 5.86. The molecular weight excluding hydrogens is 294 g/mol. The van der Waals surface area contributed by atoms with Crippen LogP contribution in [0.4, 0.5) is 0 Å². The minimum atomic E-state index is 0.175. The molecule has 1 aromatic rings. The van der Waals surface area contributed by atoms with Gasteiger partial charge < -0.3 is 5.32 Å². The summed E-state index contributed by atoms with van der Waals surface area (Å²) < 4.78 is 0. The Hall–Kier alpha value is -1.68. The fourth-order valence-electron chi connectivity index (χ4n) is 2.80. The van der Waals surface area contributed by atoms with Gasteiger partial charge in [-0.2, -0.15) is 5.26 Å². The molecular formula is C16H21N5S. The maximum atomic E-state index is 8.90. The normalized spacial score (nSPS) is 23.2. The van der Waals surface area contributed by atoms with Gasteiger partial charge in [0, 0.05) is 44.6 Å². The Morgan fingerprint density at radius 2 is 2.09 bits per heavy atom. The highest BCUT2D eigenvalue weighted by atomic mass is 32.1. The molecule has 5 nitrogen and oxygen atoms in total. The van der Waals surface area contributed by atoms with Crippen LogP contribution in [-0.4, -0.2) is 54.4 Å². The summed E-state index contributed by atoms with van der Waals surface area (Å²) in [7, 11) is 0. The smallest absolute Gasteiger partial charge is 0.116 e. The zero-order chi connectivity index (χ0) is 15.5. The second-order valence-corrected chi connectivity index (χ2v) is 6.94. The van der Waals surface area contributed by atoms with Gasteiger partial charge in [-0.05, 0) is 26.0 Å². The van der Waals surface area contributed by atoms with Crippen LogP contribution in [0, 0.1) is 11.3 Å². The molecule has 2 aliphatic rings. The first kappa shape index (κ1) is 15.2. The van der Waals surface area contributed by atoms with Crippen LogP contribution in [-0.2, 0) is 0 Å². The summed E-state index contributed by atoms with van der Waals surface area (Å²) >= 11 is 1.48. The van der Waals surface area contributed by atoms with Gasteiger partial charge in [0.15, 0.2) is 0 Å². The summed E-state index contributed by atoms with van der Waals surface area (Å²) in [4.78, 5) is 11.3. The average molecular weight is 315 g/mol. The van der Waals surface area contributed by atoms with Crippen molar-refractivity contribution in [2.75, 3.05) is 26.2 Å². The van der Waals surface area contributed by atoms with Gasteiger partial charge in [0.05, 0.1) is 10.6 Å². The van der Waals surface area contributed by atoms with Gasteiger partial charge in [-0.15, -0.1) is 11.3 Å². The van der Waals surface area contributed by atoms with Crippen LogP contribution in [0.15, 0.2) is 23.3 Å². The van der Waals surface area contributed by atoms with E-state index in [0.29, 0.717) is 6.04 Å². The molecule has 2 aliphatic heterocycles. The lowest BCUT2D eigenvalue weighted by Gasteiger charge is -2.40. The largest absolute Gasteiger partial charge is 0.369 e. The number of thiophene rings is 1. The molecule has 1 fully saturated rings. The van der Waals surface area contributed by atoms with Gasteiger partial charge in [-0.25, -0.2) is 0 Å². The van der Waals surface area contributed by atoms with E-state index in [2.05, 4.69) is 40.0 Å². The molecule has 1 saturated heterocycles. The van der Waals surface area contributed by atoms with Gasteiger partial charge in [0.1, 0.15) is 17.1 Å². The highest BCUT2D eigenvalue weighted by molar-refractivity contribution is 7.13. The first-order valence-electron chi connectivity index (χ1n) is 7.66. The zero-order valence-corrected chi connectivity index (χ0v) is 13.8. The molecule has 3 heterocycles. The van der Waals surface area contributed by atoms with E-state index in [1.807, 2.05) is 24.5 Å². The van der Waals surface area contributed by atoms with E-state index < -0.39 is 0 Å². The molecule has 1 atom stereocenters.